The molecule has 2 unspecified atom stereocenters. The summed E-state index contributed by atoms with van der Waals surface area (Å²) in [5, 5.41) is 0. The average molecular weight is 325 g/mol. The van der Waals surface area contributed by atoms with Crippen LogP contribution in [0.3, 0.4) is 0 Å². The van der Waals surface area contributed by atoms with Crippen LogP contribution < -0.4 is 4.74 Å². The number of hydrogen-bond acceptors (Lipinski definition) is 1. The lowest BCUT2D eigenvalue weighted by Gasteiger charge is -2.26. The lowest BCUT2D eigenvalue weighted by molar-refractivity contribution is 0.344. The van der Waals surface area contributed by atoms with Crippen molar-refractivity contribution in [2.45, 2.75) is 59.3 Å². The fourth-order valence-corrected chi connectivity index (χ4v) is 4.05. The molecule has 0 saturated heterocycles. The monoisotopic (exact) mass is 324 g/mol. The van der Waals surface area contributed by atoms with Gasteiger partial charge >= 0.3 is 0 Å². The smallest absolute Gasteiger partial charge is 0.119 e. The molecule has 3 rings (SSSR count). The van der Waals surface area contributed by atoms with E-state index in [1.165, 1.54) is 42.4 Å². The van der Waals surface area contributed by atoms with E-state index in [1.54, 1.807) is 0 Å². The Bertz CT molecular complexity index is 599. The Morgan fingerprint density at radius 1 is 0.958 bits per heavy atom. The topological polar surface area (TPSA) is 9.23 Å². The second-order valence-electron chi connectivity index (χ2n) is 8.09. The van der Waals surface area contributed by atoms with Gasteiger partial charge in [0, 0.05) is 0 Å². The first-order valence-corrected chi connectivity index (χ1v) is 9.64. The molecule has 0 heterocycles. The molecular formula is C23H32O. The first-order valence-electron chi connectivity index (χ1n) is 9.64. The molecule has 1 nitrogen and oxygen atoms in total. The highest BCUT2D eigenvalue weighted by atomic mass is 16.5. The zero-order valence-corrected chi connectivity index (χ0v) is 15.7. The maximum Gasteiger partial charge on any atom is 0.119 e. The molecule has 24 heavy (non-hydrogen) atoms. The highest BCUT2D eigenvalue weighted by molar-refractivity contribution is 5.33. The summed E-state index contributed by atoms with van der Waals surface area (Å²) in [5.74, 6) is 3.90. The molecule has 2 aliphatic rings. The fraction of sp³-hybridized carbons (Fsp3) is 0.565. The summed E-state index contributed by atoms with van der Waals surface area (Å²) in [5.41, 5.74) is 4.26. The van der Waals surface area contributed by atoms with Crippen LogP contribution in [-0.2, 0) is 0 Å². The molecule has 0 amide bonds. The third kappa shape index (κ3) is 4.12. The minimum atomic E-state index is 0.602. The molecular weight excluding hydrogens is 292 g/mol. The lowest BCUT2D eigenvalue weighted by atomic mass is 9.79. The Balaban J connectivity index is 1.56. The lowest BCUT2D eigenvalue weighted by Crippen LogP contribution is -2.14. The molecule has 2 aliphatic carbocycles. The van der Waals surface area contributed by atoms with Crippen molar-refractivity contribution in [1.29, 1.82) is 0 Å². The summed E-state index contributed by atoms with van der Waals surface area (Å²) < 4.78 is 6.02. The van der Waals surface area contributed by atoms with Crippen molar-refractivity contribution in [2.75, 3.05) is 6.61 Å². The minimum absolute atomic E-state index is 0.602. The van der Waals surface area contributed by atoms with E-state index in [0.717, 1.165) is 17.6 Å². The molecule has 0 aliphatic heterocycles. The van der Waals surface area contributed by atoms with Gasteiger partial charge in [-0.15, -0.1) is 0 Å². The standard InChI is InChI=1S/C23H32O/c1-16-5-7-21(8-6-16)22-9-11-23(12-10-22)24-15-20-13-17(2)19(4)18(3)14-20/h9-14,16-17,19,21H,5-8,15H2,1-4H3. The highest BCUT2D eigenvalue weighted by Crippen LogP contribution is 2.36. The maximum absolute atomic E-state index is 6.02. The van der Waals surface area contributed by atoms with Crippen LogP contribution in [0.15, 0.2) is 47.6 Å². The van der Waals surface area contributed by atoms with E-state index in [9.17, 15) is 0 Å². The van der Waals surface area contributed by atoms with Crippen LogP contribution in [0.2, 0.25) is 0 Å². The van der Waals surface area contributed by atoms with Crippen LogP contribution >= 0.6 is 0 Å². The van der Waals surface area contributed by atoms with Gasteiger partial charge in [-0.1, -0.05) is 63.5 Å². The van der Waals surface area contributed by atoms with Crippen LogP contribution in [0.5, 0.6) is 5.75 Å². The van der Waals surface area contributed by atoms with Gasteiger partial charge in [-0.25, -0.2) is 0 Å². The molecule has 1 fully saturated rings. The van der Waals surface area contributed by atoms with Crippen molar-refractivity contribution in [3.8, 4) is 5.75 Å². The van der Waals surface area contributed by atoms with Crippen LogP contribution in [0.4, 0.5) is 0 Å². The third-order valence-corrected chi connectivity index (χ3v) is 6.17. The van der Waals surface area contributed by atoms with Crippen molar-refractivity contribution in [1.82, 2.24) is 0 Å². The van der Waals surface area contributed by atoms with Crippen LogP contribution in [-0.4, -0.2) is 6.61 Å². The zero-order chi connectivity index (χ0) is 17.1. The van der Waals surface area contributed by atoms with Crippen LogP contribution in [0, 0.1) is 17.8 Å². The number of ether oxygens (including phenoxy) is 1. The Labute approximate surface area is 147 Å². The summed E-state index contributed by atoms with van der Waals surface area (Å²) in [4.78, 5) is 0. The van der Waals surface area contributed by atoms with E-state index < -0.39 is 0 Å². The Morgan fingerprint density at radius 2 is 1.62 bits per heavy atom. The van der Waals surface area contributed by atoms with Gasteiger partial charge in [-0.2, -0.15) is 0 Å². The molecule has 2 atom stereocenters. The summed E-state index contributed by atoms with van der Waals surface area (Å²) in [6, 6.07) is 8.85. The van der Waals surface area contributed by atoms with Crippen molar-refractivity contribution in [3.63, 3.8) is 0 Å². The van der Waals surface area contributed by atoms with Gasteiger partial charge in [0.05, 0.1) is 0 Å². The van der Waals surface area contributed by atoms with Crippen LogP contribution in [0.1, 0.15) is 64.9 Å². The molecule has 0 bridgehead atoms. The van der Waals surface area contributed by atoms with Gasteiger partial charge in [0.1, 0.15) is 12.4 Å². The first kappa shape index (κ1) is 17.3. The van der Waals surface area contributed by atoms with E-state index in [4.69, 9.17) is 4.74 Å². The van der Waals surface area contributed by atoms with Gasteiger partial charge in [-0.05, 0) is 66.7 Å². The zero-order valence-electron chi connectivity index (χ0n) is 15.7. The predicted octanol–water partition coefficient (Wildman–Crippen LogP) is 6.52. The largest absolute Gasteiger partial charge is 0.489 e. The molecule has 0 radical (unpaired) electrons. The number of allylic oxidation sites excluding steroid dienone is 2. The van der Waals surface area contributed by atoms with Gasteiger partial charge in [0.15, 0.2) is 0 Å². The predicted molar refractivity (Wildman–Crippen MR) is 102 cm³/mol. The summed E-state index contributed by atoms with van der Waals surface area (Å²) >= 11 is 0. The van der Waals surface area contributed by atoms with Crippen molar-refractivity contribution in [2.24, 2.45) is 17.8 Å². The van der Waals surface area contributed by atoms with Gasteiger partial charge in [0.25, 0.3) is 0 Å². The SMILES string of the molecule is CC1=CC(COc2ccc(C3CCC(C)CC3)cc2)=CC(C)C1C. The Hall–Kier alpha value is -1.50. The van der Waals surface area contributed by atoms with E-state index in [-0.39, 0.29) is 0 Å². The van der Waals surface area contributed by atoms with E-state index in [2.05, 4.69) is 64.1 Å². The van der Waals surface area contributed by atoms with Gasteiger partial charge < -0.3 is 4.74 Å². The third-order valence-electron chi connectivity index (χ3n) is 6.17. The number of rotatable bonds is 4. The normalized spacial score (nSPS) is 30.5. The van der Waals surface area contributed by atoms with Crippen molar-refractivity contribution >= 4 is 0 Å². The second kappa shape index (κ2) is 7.59. The molecule has 0 N–H and O–H groups in total. The van der Waals surface area contributed by atoms with Gasteiger partial charge in [-0.3, -0.25) is 0 Å². The van der Waals surface area contributed by atoms with Crippen molar-refractivity contribution in [3.05, 3.63) is 53.1 Å². The molecule has 1 heteroatoms. The summed E-state index contributed by atoms with van der Waals surface area (Å²) in [6.45, 7) is 9.88. The average Bonchev–Trinajstić information content (AvgIpc) is 2.59. The summed E-state index contributed by atoms with van der Waals surface area (Å²) in [6.07, 6.45) is 10.1. The molecule has 1 saturated carbocycles. The maximum atomic E-state index is 6.02. The number of benzene rings is 1. The Morgan fingerprint density at radius 3 is 2.25 bits per heavy atom. The molecule has 130 valence electrons. The first-order chi connectivity index (χ1) is 11.5. The molecule has 0 spiro atoms. The summed E-state index contributed by atoms with van der Waals surface area (Å²) in [7, 11) is 0. The number of hydrogen-bond donors (Lipinski definition) is 0. The van der Waals surface area contributed by atoms with E-state index in [1.807, 2.05) is 0 Å². The van der Waals surface area contributed by atoms with E-state index in [0.29, 0.717) is 18.4 Å². The molecule has 1 aromatic carbocycles. The molecule has 0 aromatic heterocycles. The van der Waals surface area contributed by atoms with E-state index >= 15 is 0 Å². The van der Waals surface area contributed by atoms with Crippen molar-refractivity contribution < 1.29 is 4.74 Å². The quantitative estimate of drug-likeness (QED) is 0.613. The minimum Gasteiger partial charge on any atom is -0.489 e. The molecule has 1 aromatic rings. The Kier molecular flexibility index (Phi) is 5.48. The van der Waals surface area contributed by atoms with Crippen LogP contribution in [0.25, 0.3) is 0 Å². The second-order valence-corrected chi connectivity index (χ2v) is 8.09. The fourth-order valence-electron chi connectivity index (χ4n) is 4.05. The van der Waals surface area contributed by atoms with Gasteiger partial charge in [0.2, 0.25) is 0 Å². The highest BCUT2D eigenvalue weighted by Gasteiger charge is 2.20.